The highest BCUT2D eigenvalue weighted by Gasteiger charge is 2.60. The van der Waals surface area contributed by atoms with Crippen LogP contribution in [0.3, 0.4) is 0 Å². The summed E-state index contributed by atoms with van der Waals surface area (Å²) < 4.78 is 11.8. The number of hydrogen-bond donors (Lipinski definition) is 0. The Morgan fingerprint density at radius 1 is 0.583 bits per heavy atom. The van der Waals surface area contributed by atoms with Crippen LogP contribution in [0.2, 0.25) is 0 Å². The zero-order chi connectivity index (χ0) is 33.6. The summed E-state index contributed by atoms with van der Waals surface area (Å²) in [6.07, 6.45) is 22.1. The average Bonchev–Trinajstić information content (AvgIpc) is 3.54. The highest BCUT2D eigenvalue weighted by Crippen LogP contribution is 2.65. The van der Waals surface area contributed by atoms with E-state index in [1.165, 1.54) is 23.3 Å². The molecule has 0 radical (unpaired) electrons. The summed E-state index contributed by atoms with van der Waals surface area (Å²) in [5.74, 6) is 3.42. The molecule has 0 aromatic rings. The number of Topliss-reactive ketones (excluding diaryl/α,β-unsaturated/α-hetero) is 2. The Bertz CT molecular complexity index is 1390. The van der Waals surface area contributed by atoms with Gasteiger partial charge in [0.05, 0.1) is 0 Å². The Balaban J connectivity index is 0.841. The van der Waals surface area contributed by atoms with Crippen molar-refractivity contribution in [2.45, 2.75) is 143 Å². The summed E-state index contributed by atoms with van der Waals surface area (Å²) in [4.78, 5) is 51.2. The fourth-order valence-electron chi connectivity index (χ4n) is 13.5. The molecule has 0 aromatic heterocycles. The zero-order valence-electron chi connectivity index (χ0n) is 29.7. The van der Waals surface area contributed by atoms with Crippen molar-refractivity contribution in [3.63, 3.8) is 0 Å². The maximum absolute atomic E-state index is 12.9. The van der Waals surface area contributed by atoms with Crippen molar-refractivity contribution in [2.75, 3.05) is 0 Å². The molecule has 0 heterocycles. The molecule has 0 N–H and O–H groups in total. The van der Waals surface area contributed by atoms with Crippen molar-refractivity contribution < 1.29 is 28.7 Å². The third-order valence-corrected chi connectivity index (χ3v) is 16.5. The molecule has 6 heteroatoms. The molecule has 0 aliphatic heterocycles. The number of esters is 2. The Kier molecular flexibility index (Phi) is 7.84. The van der Waals surface area contributed by atoms with Gasteiger partial charge in [0.15, 0.2) is 0 Å². The van der Waals surface area contributed by atoms with Gasteiger partial charge in [-0.1, -0.05) is 51.0 Å². The maximum atomic E-state index is 12.9. The Labute approximate surface area is 286 Å². The SMILES string of the molecule is C[C@]12CC[C@H](OC(=O)/C=C\C(=O)O[C@H]3CC[C@@]4(C)C(=CC[C@@H]5[C@@H]4CC[C@]4(C)C(=O)CC[C@@H]54)C3)CC1=CC[C@@H]1[C@@H]2CC[C@]2(C)C(=O)CC[C@@H]12. The van der Waals surface area contributed by atoms with Crippen molar-refractivity contribution in [3.05, 3.63) is 35.5 Å². The molecule has 0 bridgehead atoms. The summed E-state index contributed by atoms with van der Waals surface area (Å²) in [6.45, 7) is 9.29. The van der Waals surface area contributed by atoms with Gasteiger partial charge >= 0.3 is 11.9 Å². The van der Waals surface area contributed by atoms with Crippen LogP contribution < -0.4 is 0 Å². The van der Waals surface area contributed by atoms with Gasteiger partial charge in [-0.15, -0.1) is 0 Å². The van der Waals surface area contributed by atoms with Gasteiger partial charge in [-0.2, -0.15) is 0 Å². The van der Waals surface area contributed by atoms with Crippen LogP contribution in [-0.4, -0.2) is 35.7 Å². The van der Waals surface area contributed by atoms with Gasteiger partial charge in [-0.3, -0.25) is 9.59 Å². The lowest BCUT2D eigenvalue weighted by atomic mass is 9.48. The van der Waals surface area contributed by atoms with Gasteiger partial charge in [0, 0.05) is 48.7 Å². The van der Waals surface area contributed by atoms with Crippen LogP contribution in [0.1, 0.15) is 130 Å². The van der Waals surface area contributed by atoms with E-state index >= 15 is 0 Å². The minimum absolute atomic E-state index is 0.117. The first-order valence-electron chi connectivity index (χ1n) is 19.4. The maximum Gasteiger partial charge on any atom is 0.331 e. The van der Waals surface area contributed by atoms with Crippen LogP contribution in [-0.2, 0) is 28.7 Å². The number of allylic oxidation sites excluding steroid dienone is 2. The molecule has 8 aliphatic rings. The number of hydrogen-bond acceptors (Lipinski definition) is 6. The van der Waals surface area contributed by atoms with Gasteiger partial charge in [0.25, 0.3) is 0 Å². The third-order valence-electron chi connectivity index (χ3n) is 16.5. The van der Waals surface area contributed by atoms with E-state index in [2.05, 4.69) is 39.8 Å². The number of ketones is 2. The van der Waals surface area contributed by atoms with Crippen molar-refractivity contribution in [2.24, 2.45) is 57.2 Å². The smallest absolute Gasteiger partial charge is 0.331 e. The van der Waals surface area contributed by atoms with E-state index in [4.69, 9.17) is 9.47 Å². The molecule has 12 atom stereocenters. The van der Waals surface area contributed by atoms with Crippen LogP contribution in [0.5, 0.6) is 0 Å². The minimum Gasteiger partial charge on any atom is -0.459 e. The van der Waals surface area contributed by atoms with Crippen LogP contribution in [0, 0.1) is 57.2 Å². The van der Waals surface area contributed by atoms with Crippen LogP contribution in [0.15, 0.2) is 35.5 Å². The Hall–Kier alpha value is -2.50. The topological polar surface area (TPSA) is 86.7 Å². The lowest BCUT2D eigenvalue weighted by Crippen LogP contribution is -2.50. The molecule has 0 aromatic carbocycles. The highest BCUT2D eigenvalue weighted by molar-refractivity contribution is 5.92. The fraction of sp³-hybridized carbons (Fsp3) is 0.762. The largest absolute Gasteiger partial charge is 0.459 e. The highest BCUT2D eigenvalue weighted by atomic mass is 16.5. The molecular formula is C42H56O6. The van der Waals surface area contributed by atoms with Gasteiger partial charge in [-0.25, -0.2) is 9.59 Å². The summed E-state index contributed by atoms with van der Waals surface area (Å²) in [7, 11) is 0. The van der Waals surface area contributed by atoms with Gasteiger partial charge < -0.3 is 9.47 Å². The number of rotatable bonds is 4. The van der Waals surface area contributed by atoms with E-state index in [0.29, 0.717) is 47.1 Å². The second-order valence-corrected chi connectivity index (χ2v) is 18.3. The summed E-state index contributed by atoms with van der Waals surface area (Å²) in [6, 6.07) is 0. The molecular weight excluding hydrogens is 600 g/mol. The Morgan fingerprint density at radius 2 is 0.958 bits per heavy atom. The number of carbonyl (C=O) groups is 4. The van der Waals surface area contributed by atoms with Gasteiger partial charge in [0.2, 0.25) is 0 Å². The molecule has 6 nitrogen and oxygen atoms in total. The first kappa shape index (κ1) is 32.7. The predicted molar refractivity (Wildman–Crippen MR) is 182 cm³/mol. The summed E-state index contributed by atoms with van der Waals surface area (Å²) in [5.41, 5.74) is 2.86. The monoisotopic (exact) mass is 656 g/mol. The van der Waals surface area contributed by atoms with Crippen molar-refractivity contribution >= 4 is 23.5 Å². The van der Waals surface area contributed by atoms with Crippen LogP contribution in [0.4, 0.5) is 0 Å². The quantitative estimate of drug-likeness (QED) is 0.172. The molecule has 6 fully saturated rings. The number of carbonyl (C=O) groups excluding carboxylic acids is 4. The fourth-order valence-corrected chi connectivity index (χ4v) is 13.5. The molecule has 260 valence electrons. The normalized spacial score (nSPS) is 47.8. The minimum atomic E-state index is -0.473. The lowest BCUT2D eigenvalue weighted by Gasteiger charge is -2.56. The Morgan fingerprint density at radius 3 is 1.38 bits per heavy atom. The molecule has 8 aliphatic carbocycles. The van der Waals surface area contributed by atoms with Gasteiger partial charge in [0.1, 0.15) is 23.8 Å². The van der Waals surface area contributed by atoms with E-state index in [1.807, 2.05) is 0 Å². The average molecular weight is 657 g/mol. The number of ether oxygens (including phenoxy) is 2. The first-order valence-corrected chi connectivity index (χ1v) is 19.4. The first-order chi connectivity index (χ1) is 22.8. The van der Waals surface area contributed by atoms with Crippen molar-refractivity contribution in [1.29, 1.82) is 0 Å². The second-order valence-electron chi connectivity index (χ2n) is 18.3. The second kappa shape index (κ2) is 11.5. The van der Waals surface area contributed by atoms with E-state index < -0.39 is 11.9 Å². The molecule has 0 saturated heterocycles. The third kappa shape index (κ3) is 4.91. The van der Waals surface area contributed by atoms with E-state index in [9.17, 15) is 19.2 Å². The molecule has 6 saturated carbocycles. The van der Waals surface area contributed by atoms with E-state index in [1.54, 1.807) is 0 Å². The molecule has 0 unspecified atom stereocenters. The molecule has 0 amide bonds. The lowest BCUT2D eigenvalue weighted by molar-refractivity contribution is -0.148. The van der Waals surface area contributed by atoms with Crippen molar-refractivity contribution in [1.82, 2.24) is 0 Å². The van der Waals surface area contributed by atoms with Crippen LogP contribution >= 0.6 is 0 Å². The zero-order valence-corrected chi connectivity index (χ0v) is 29.7. The predicted octanol–water partition coefficient (Wildman–Crippen LogP) is 8.43. The van der Waals surface area contributed by atoms with E-state index in [-0.39, 0.29) is 33.9 Å². The standard InChI is InChI=1S/C42H56O6/c1-39-19-15-27(23-25(39)5-7-29-31-9-11-35(43)41(31,3)21-17-33(29)39)47-37(45)13-14-38(46)48-28-16-20-40(2)26(24-28)6-8-30-32-10-12-36(44)42(32,4)22-18-34(30)40/h5-6,13-14,27-34H,7-12,15-24H2,1-4H3/b14-13-/t27-,28-,29-,30-,31-,32-,33-,34-,39-,40-,41-,42-/m0/s1. The van der Waals surface area contributed by atoms with E-state index in [0.717, 1.165) is 103 Å². The van der Waals surface area contributed by atoms with Gasteiger partial charge in [-0.05, 0) is 123 Å². The van der Waals surface area contributed by atoms with Crippen LogP contribution in [0.25, 0.3) is 0 Å². The summed E-state index contributed by atoms with van der Waals surface area (Å²) >= 11 is 0. The summed E-state index contributed by atoms with van der Waals surface area (Å²) in [5, 5.41) is 0. The molecule has 0 spiro atoms. The van der Waals surface area contributed by atoms with Crippen molar-refractivity contribution in [3.8, 4) is 0 Å². The molecule has 48 heavy (non-hydrogen) atoms. The number of fused-ring (bicyclic) bond motifs is 10. The molecule has 8 rings (SSSR count).